The molecule has 2 fully saturated rings. The molecule has 1 aliphatic carbocycles. The summed E-state index contributed by atoms with van der Waals surface area (Å²) in [5.41, 5.74) is 0.481. The third-order valence-electron chi connectivity index (χ3n) is 4.52. The Hall–Kier alpha value is -0.570. The number of nitrogens with zero attached hydrogens (tertiary/aromatic N) is 1. The Morgan fingerprint density at radius 3 is 2.39 bits per heavy atom. The van der Waals surface area contributed by atoms with Gasteiger partial charge in [0.1, 0.15) is 0 Å². The van der Waals surface area contributed by atoms with Gasteiger partial charge < -0.3 is 10.2 Å². The smallest absolute Gasteiger partial charge is 0.240 e. The van der Waals surface area contributed by atoms with Crippen LogP contribution in [0.3, 0.4) is 0 Å². The monoisotopic (exact) mass is 252 g/mol. The predicted octanol–water partition coefficient (Wildman–Crippen LogP) is 2.55. The van der Waals surface area contributed by atoms with Crippen LogP contribution in [0.15, 0.2) is 0 Å². The predicted molar refractivity (Wildman–Crippen MR) is 74.4 cm³/mol. The molecule has 0 spiro atoms. The van der Waals surface area contributed by atoms with Crippen molar-refractivity contribution >= 4 is 5.91 Å². The molecule has 1 N–H and O–H groups in total. The van der Waals surface area contributed by atoms with Crippen LogP contribution < -0.4 is 5.32 Å². The van der Waals surface area contributed by atoms with Gasteiger partial charge in [0.15, 0.2) is 0 Å². The molecule has 0 radical (unpaired) electrons. The van der Waals surface area contributed by atoms with Gasteiger partial charge in [-0.15, -0.1) is 0 Å². The highest BCUT2D eigenvalue weighted by molar-refractivity contribution is 5.84. The number of carbonyl (C=O) groups excluding carboxylic acids is 1. The van der Waals surface area contributed by atoms with Crippen LogP contribution in [0.5, 0.6) is 0 Å². The summed E-state index contributed by atoms with van der Waals surface area (Å²) < 4.78 is 0. The Kier molecular flexibility index (Phi) is 4.00. The molecular formula is C15H28N2O. The molecule has 1 atom stereocenters. The highest BCUT2D eigenvalue weighted by Gasteiger charge is 2.38. The van der Waals surface area contributed by atoms with E-state index in [1.54, 1.807) is 0 Å². The van der Waals surface area contributed by atoms with Gasteiger partial charge in [-0.2, -0.15) is 0 Å². The summed E-state index contributed by atoms with van der Waals surface area (Å²) in [7, 11) is 0. The Morgan fingerprint density at radius 1 is 1.22 bits per heavy atom. The number of nitrogens with one attached hydrogen (secondary N) is 1. The first-order valence-corrected chi connectivity index (χ1v) is 7.45. The molecule has 0 bridgehead atoms. The van der Waals surface area contributed by atoms with Crippen molar-refractivity contribution < 1.29 is 4.79 Å². The van der Waals surface area contributed by atoms with Crippen LogP contribution in [0.25, 0.3) is 0 Å². The van der Waals surface area contributed by atoms with Gasteiger partial charge in [-0.25, -0.2) is 0 Å². The number of hydrogen-bond acceptors (Lipinski definition) is 2. The van der Waals surface area contributed by atoms with Crippen LogP contribution in [0, 0.1) is 5.41 Å². The van der Waals surface area contributed by atoms with Gasteiger partial charge in [-0.05, 0) is 37.5 Å². The minimum absolute atomic E-state index is 0.0694. The van der Waals surface area contributed by atoms with Crippen LogP contribution in [0.2, 0.25) is 0 Å². The van der Waals surface area contributed by atoms with Crippen LogP contribution >= 0.6 is 0 Å². The van der Waals surface area contributed by atoms with E-state index in [0.717, 1.165) is 13.0 Å². The van der Waals surface area contributed by atoms with Gasteiger partial charge >= 0.3 is 0 Å². The van der Waals surface area contributed by atoms with E-state index >= 15 is 0 Å². The second-order valence-electron chi connectivity index (χ2n) is 7.09. The number of carbonyl (C=O) groups is 1. The lowest BCUT2D eigenvalue weighted by molar-refractivity contribution is -0.132. The molecule has 1 amide bonds. The second kappa shape index (κ2) is 5.20. The minimum Gasteiger partial charge on any atom is -0.338 e. The van der Waals surface area contributed by atoms with E-state index in [1.807, 2.05) is 0 Å². The Labute approximate surface area is 111 Å². The van der Waals surface area contributed by atoms with E-state index in [9.17, 15) is 4.79 Å². The van der Waals surface area contributed by atoms with E-state index in [0.29, 0.717) is 23.4 Å². The molecule has 1 saturated heterocycles. The van der Waals surface area contributed by atoms with Crippen molar-refractivity contribution in [2.45, 2.75) is 77.9 Å². The number of rotatable bonds is 3. The molecule has 0 aromatic heterocycles. The molecule has 1 aliphatic heterocycles. The van der Waals surface area contributed by atoms with Gasteiger partial charge in [0, 0.05) is 18.6 Å². The fourth-order valence-electron chi connectivity index (χ4n) is 3.32. The van der Waals surface area contributed by atoms with Gasteiger partial charge in [-0.1, -0.05) is 27.7 Å². The van der Waals surface area contributed by atoms with E-state index < -0.39 is 0 Å². The van der Waals surface area contributed by atoms with E-state index in [-0.39, 0.29) is 6.04 Å². The maximum atomic E-state index is 12.4. The third kappa shape index (κ3) is 3.05. The van der Waals surface area contributed by atoms with E-state index in [1.165, 1.54) is 25.7 Å². The average molecular weight is 252 g/mol. The molecular weight excluding hydrogens is 224 g/mol. The van der Waals surface area contributed by atoms with Crippen molar-refractivity contribution in [3.63, 3.8) is 0 Å². The first-order chi connectivity index (χ1) is 8.39. The standard InChI is InChI=1S/C15H28N2O/c1-11(2)16-13-7-10-17(14(13)18)12-5-8-15(3,4)9-6-12/h11-13,16H,5-10H2,1-4H3. The lowest BCUT2D eigenvalue weighted by atomic mass is 9.75. The first-order valence-electron chi connectivity index (χ1n) is 7.45. The molecule has 0 aromatic rings. The normalized spacial score (nSPS) is 29.3. The fourth-order valence-corrected chi connectivity index (χ4v) is 3.32. The molecule has 18 heavy (non-hydrogen) atoms. The largest absolute Gasteiger partial charge is 0.338 e. The Bertz CT molecular complexity index is 302. The molecule has 104 valence electrons. The third-order valence-corrected chi connectivity index (χ3v) is 4.52. The topological polar surface area (TPSA) is 32.3 Å². The number of likely N-dealkylation sites (tertiary alicyclic amines) is 1. The lowest BCUT2D eigenvalue weighted by Gasteiger charge is -2.38. The summed E-state index contributed by atoms with van der Waals surface area (Å²) in [6, 6.07) is 0.966. The van der Waals surface area contributed by atoms with Gasteiger partial charge in [0.2, 0.25) is 5.91 Å². The van der Waals surface area contributed by atoms with Gasteiger partial charge in [0.05, 0.1) is 6.04 Å². The molecule has 1 heterocycles. The Morgan fingerprint density at radius 2 is 1.83 bits per heavy atom. The van der Waals surface area contributed by atoms with Crippen molar-refractivity contribution in [1.29, 1.82) is 0 Å². The summed E-state index contributed by atoms with van der Waals surface area (Å²) in [6.07, 6.45) is 5.87. The minimum atomic E-state index is 0.0694. The summed E-state index contributed by atoms with van der Waals surface area (Å²) in [6.45, 7) is 9.86. The highest BCUT2D eigenvalue weighted by atomic mass is 16.2. The molecule has 0 aromatic carbocycles. The van der Waals surface area contributed by atoms with E-state index in [4.69, 9.17) is 0 Å². The molecule has 2 aliphatic rings. The zero-order valence-corrected chi connectivity index (χ0v) is 12.3. The van der Waals surface area contributed by atoms with Crippen molar-refractivity contribution in [3.05, 3.63) is 0 Å². The molecule has 3 nitrogen and oxygen atoms in total. The zero-order chi connectivity index (χ0) is 13.3. The summed E-state index contributed by atoms with van der Waals surface area (Å²) in [4.78, 5) is 14.5. The van der Waals surface area contributed by atoms with Gasteiger partial charge in [-0.3, -0.25) is 4.79 Å². The average Bonchev–Trinajstić information content (AvgIpc) is 2.60. The quantitative estimate of drug-likeness (QED) is 0.837. The second-order valence-corrected chi connectivity index (χ2v) is 7.09. The highest BCUT2D eigenvalue weighted by Crippen LogP contribution is 2.37. The van der Waals surface area contributed by atoms with Crippen LogP contribution in [-0.2, 0) is 4.79 Å². The van der Waals surface area contributed by atoms with Crippen LogP contribution in [0.4, 0.5) is 0 Å². The molecule has 1 saturated carbocycles. The molecule has 2 rings (SSSR count). The molecule has 3 heteroatoms. The maximum absolute atomic E-state index is 12.4. The number of amides is 1. The zero-order valence-electron chi connectivity index (χ0n) is 12.3. The summed E-state index contributed by atoms with van der Waals surface area (Å²) in [5.74, 6) is 0.341. The van der Waals surface area contributed by atoms with Crippen molar-refractivity contribution in [3.8, 4) is 0 Å². The Balaban J connectivity index is 1.90. The summed E-state index contributed by atoms with van der Waals surface area (Å²) in [5, 5.41) is 3.39. The van der Waals surface area contributed by atoms with Crippen LogP contribution in [-0.4, -0.2) is 35.5 Å². The fraction of sp³-hybridized carbons (Fsp3) is 0.933. The summed E-state index contributed by atoms with van der Waals surface area (Å²) >= 11 is 0. The van der Waals surface area contributed by atoms with Gasteiger partial charge in [0.25, 0.3) is 0 Å². The number of hydrogen-bond donors (Lipinski definition) is 1. The van der Waals surface area contributed by atoms with Crippen molar-refractivity contribution in [2.75, 3.05) is 6.54 Å². The van der Waals surface area contributed by atoms with Crippen LogP contribution in [0.1, 0.15) is 59.8 Å². The maximum Gasteiger partial charge on any atom is 0.240 e. The van der Waals surface area contributed by atoms with Crippen molar-refractivity contribution in [2.24, 2.45) is 5.41 Å². The van der Waals surface area contributed by atoms with Crippen molar-refractivity contribution in [1.82, 2.24) is 10.2 Å². The molecule has 1 unspecified atom stereocenters. The van der Waals surface area contributed by atoms with E-state index in [2.05, 4.69) is 37.9 Å². The SMILES string of the molecule is CC(C)NC1CCN(C2CCC(C)(C)CC2)C1=O. The first kappa shape index (κ1) is 13.9. The lowest BCUT2D eigenvalue weighted by Crippen LogP contribution is -2.46.